The van der Waals surface area contributed by atoms with Crippen LogP contribution in [-0.2, 0) is 6.54 Å². The van der Waals surface area contributed by atoms with E-state index in [0.29, 0.717) is 16.9 Å². The Morgan fingerprint density at radius 1 is 1.23 bits per heavy atom. The first-order valence-corrected chi connectivity index (χ1v) is 8.98. The van der Waals surface area contributed by atoms with Gasteiger partial charge in [0.15, 0.2) is 0 Å². The summed E-state index contributed by atoms with van der Waals surface area (Å²) in [5.74, 6) is 1.02. The van der Waals surface area contributed by atoms with Crippen molar-refractivity contribution >= 4 is 11.6 Å². The zero-order chi connectivity index (χ0) is 17.9. The molecule has 3 aromatic rings. The number of pyridine rings is 1. The van der Waals surface area contributed by atoms with Crippen molar-refractivity contribution in [1.29, 1.82) is 0 Å². The monoisotopic (exact) mass is 372 g/mol. The second-order valence-corrected chi connectivity index (χ2v) is 6.85. The van der Waals surface area contributed by atoms with E-state index in [2.05, 4.69) is 20.0 Å². The van der Waals surface area contributed by atoms with Crippen LogP contribution in [-0.4, -0.2) is 33.1 Å². The van der Waals surface area contributed by atoms with E-state index in [-0.39, 0.29) is 11.7 Å². The van der Waals surface area contributed by atoms with Gasteiger partial charge in [-0.25, -0.2) is 9.37 Å². The number of benzene rings is 1. The third-order valence-electron chi connectivity index (χ3n) is 4.63. The molecule has 0 radical (unpaired) electrons. The number of likely N-dealkylation sites (tertiary alicyclic amines) is 1. The fraction of sp³-hybridized carbons (Fsp3) is 0.316. The van der Waals surface area contributed by atoms with Crippen molar-refractivity contribution in [2.75, 3.05) is 13.1 Å². The molecule has 7 heteroatoms. The van der Waals surface area contributed by atoms with Crippen LogP contribution in [0, 0.1) is 5.82 Å². The van der Waals surface area contributed by atoms with Crippen LogP contribution in [0.1, 0.15) is 30.2 Å². The Morgan fingerprint density at radius 3 is 2.88 bits per heavy atom. The lowest BCUT2D eigenvalue weighted by Crippen LogP contribution is -2.34. The predicted molar refractivity (Wildman–Crippen MR) is 96.2 cm³/mol. The van der Waals surface area contributed by atoms with Crippen molar-refractivity contribution in [2.24, 2.45) is 0 Å². The summed E-state index contributed by atoms with van der Waals surface area (Å²) in [6.45, 7) is 2.58. The molecule has 1 unspecified atom stereocenters. The molecular weight excluding hydrogens is 355 g/mol. The van der Waals surface area contributed by atoms with Crippen molar-refractivity contribution in [3.63, 3.8) is 0 Å². The first-order valence-electron chi connectivity index (χ1n) is 8.60. The standard InChI is InChI=1S/C19H18ClFN4O/c20-17-14(3-1-9-22-17)11-25-10-2-4-15(12-25)19-23-18(24-26-19)13-5-7-16(21)8-6-13/h1,3,5-9,15H,2,4,10-12H2. The van der Waals surface area contributed by atoms with Crippen molar-refractivity contribution in [3.05, 3.63) is 65.0 Å². The molecule has 5 nitrogen and oxygen atoms in total. The molecular formula is C19H18ClFN4O. The Morgan fingerprint density at radius 2 is 2.08 bits per heavy atom. The molecule has 1 aromatic carbocycles. The average molecular weight is 373 g/mol. The second-order valence-electron chi connectivity index (χ2n) is 6.49. The summed E-state index contributed by atoms with van der Waals surface area (Å²) in [5.41, 5.74) is 1.77. The molecule has 2 aromatic heterocycles. The van der Waals surface area contributed by atoms with Gasteiger partial charge in [0.2, 0.25) is 11.7 Å². The van der Waals surface area contributed by atoms with Gasteiger partial charge in [0.05, 0.1) is 5.92 Å². The quantitative estimate of drug-likeness (QED) is 0.639. The maximum atomic E-state index is 13.1. The first-order chi connectivity index (χ1) is 12.7. The van der Waals surface area contributed by atoms with Gasteiger partial charge in [-0.1, -0.05) is 22.8 Å². The molecule has 1 fully saturated rings. The van der Waals surface area contributed by atoms with E-state index in [9.17, 15) is 4.39 Å². The number of hydrogen-bond donors (Lipinski definition) is 0. The minimum Gasteiger partial charge on any atom is -0.339 e. The van der Waals surface area contributed by atoms with E-state index in [0.717, 1.165) is 43.6 Å². The maximum absolute atomic E-state index is 13.1. The molecule has 1 aliphatic heterocycles. The van der Waals surface area contributed by atoms with E-state index in [4.69, 9.17) is 16.1 Å². The Labute approximate surface area is 155 Å². The second kappa shape index (κ2) is 7.51. The Balaban J connectivity index is 1.46. The number of nitrogens with zero attached hydrogens (tertiary/aromatic N) is 4. The highest BCUT2D eigenvalue weighted by Gasteiger charge is 2.26. The van der Waals surface area contributed by atoms with Crippen molar-refractivity contribution in [1.82, 2.24) is 20.0 Å². The largest absolute Gasteiger partial charge is 0.339 e. The fourth-order valence-electron chi connectivity index (χ4n) is 3.30. The van der Waals surface area contributed by atoms with Crippen LogP contribution in [0.25, 0.3) is 11.4 Å². The number of halogens is 2. The minimum absolute atomic E-state index is 0.181. The van der Waals surface area contributed by atoms with E-state index in [1.165, 1.54) is 12.1 Å². The van der Waals surface area contributed by atoms with Gasteiger partial charge in [-0.3, -0.25) is 4.90 Å². The Bertz CT molecular complexity index is 883. The molecule has 1 aliphatic rings. The molecule has 0 amide bonds. The van der Waals surface area contributed by atoms with Gasteiger partial charge in [-0.05, 0) is 49.7 Å². The van der Waals surface area contributed by atoms with Crippen LogP contribution < -0.4 is 0 Å². The first kappa shape index (κ1) is 17.1. The van der Waals surface area contributed by atoms with E-state index in [1.807, 2.05) is 12.1 Å². The van der Waals surface area contributed by atoms with Crippen molar-refractivity contribution < 1.29 is 8.91 Å². The van der Waals surface area contributed by atoms with Gasteiger partial charge >= 0.3 is 0 Å². The smallest absolute Gasteiger partial charge is 0.231 e. The molecule has 0 bridgehead atoms. The summed E-state index contributed by atoms with van der Waals surface area (Å²) >= 11 is 6.17. The molecule has 4 rings (SSSR count). The minimum atomic E-state index is -0.283. The van der Waals surface area contributed by atoms with Crippen LogP contribution in [0.2, 0.25) is 5.15 Å². The molecule has 26 heavy (non-hydrogen) atoms. The van der Waals surface area contributed by atoms with Gasteiger partial charge in [-0.15, -0.1) is 0 Å². The predicted octanol–water partition coefficient (Wildman–Crippen LogP) is 4.30. The molecule has 1 atom stereocenters. The van der Waals surface area contributed by atoms with Gasteiger partial charge < -0.3 is 4.52 Å². The van der Waals surface area contributed by atoms with E-state index >= 15 is 0 Å². The van der Waals surface area contributed by atoms with Crippen LogP contribution in [0.4, 0.5) is 4.39 Å². The lowest BCUT2D eigenvalue weighted by Gasteiger charge is -2.31. The summed E-state index contributed by atoms with van der Waals surface area (Å²) in [7, 11) is 0. The lowest BCUT2D eigenvalue weighted by atomic mass is 9.97. The number of piperidine rings is 1. The number of aromatic nitrogens is 3. The summed E-state index contributed by atoms with van der Waals surface area (Å²) < 4.78 is 18.6. The molecule has 134 valence electrons. The Kier molecular flexibility index (Phi) is 4.95. The molecule has 0 aliphatic carbocycles. The fourth-order valence-corrected chi connectivity index (χ4v) is 3.48. The maximum Gasteiger partial charge on any atom is 0.231 e. The molecule has 3 heterocycles. The third kappa shape index (κ3) is 3.76. The van der Waals surface area contributed by atoms with Crippen LogP contribution >= 0.6 is 11.6 Å². The topological polar surface area (TPSA) is 55.1 Å². The SMILES string of the molecule is Fc1ccc(-c2noc(C3CCCN(Cc4cccnc4Cl)C3)n2)cc1. The molecule has 0 N–H and O–H groups in total. The van der Waals surface area contributed by atoms with Crippen molar-refractivity contribution in [3.8, 4) is 11.4 Å². The molecule has 1 saturated heterocycles. The van der Waals surface area contributed by atoms with Gasteiger partial charge in [0, 0.05) is 30.4 Å². The zero-order valence-corrected chi connectivity index (χ0v) is 14.9. The highest BCUT2D eigenvalue weighted by atomic mass is 35.5. The van der Waals surface area contributed by atoms with E-state index in [1.54, 1.807) is 18.3 Å². The average Bonchev–Trinajstić information content (AvgIpc) is 3.15. The van der Waals surface area contributed by atoms with Gasteiger partial charge in [0.1, 0.15) is 11.0 Å². The summed E-state index contributed by atoms with van der Waals surface area (Å²) in [6, 6.07) is 9.99. The van der Waals surface area contributed by atoms with Crippen molar-refractivity contribution in [2.45, 2.75) is 25.3 Å². The van der Waals surface area contributed by atoms with Crippen LogP contribution in [0.3, 0.4) is 0 Å². The highest BCUT2D eigenvalue weighted by Crippen LogP contribution is 2.29. The van der Waals surface area contributed by atoms with Crippen LogP contribution in [0.5, 0.6) is 0 Å². The summed E-state index contributed by atoms with van der Waals surface area (Å²) in [5, 5.41) is 4.60. The molecule has 0 spiro atoms. The van der Waals surface area contributed by atoms with E-state index < -0.39 is 0 Å². The third-order valence-corrected chi connectivity index (χ3v) is 4.97. The highest BCUT2D eigenvalue weighted by molar-refractivity contribution is 6.30. The van der Waals surface area contributed by atoms with Crippen LogP contribution in [0.15, 0.2) is 47.1 Å². The molecule has 0 saturated carbocycles. The van der Waals surface area contributed by atoms with Gasteiger partial charge in [-0.2, -0.15) is 4.98 Å². The Hall–Kier alpha value is -2.31. The summed E-state index contributed by atoms with van der Waals surface area (Å²) in [6.07, 6.45) is 3.75. The summed E-state index contributed by atoms with van der Waals surface area (Å²) in [4.78, 5) is 11.0. The zero-order valence-electron chi connectivity index (χ0n) is 14.1. The normalized spacial score (nSPS) is 18.2. The lowest BCUT2D eigenvalue weighted by molar-refractivity contribution is 0.180. The van der Waals surface area contributed by atoms with Gasteiger partial charge in [0.25, 0.3) is 0 Å². The number of rotatable bonds is 4. The number of hydrogen-bond acceptors (Lipinski definition) is 5.